The minimum atomic E-state index is -1.39. The summed E-state index contributed by atoms with van der Waals surface area (Å²) in [6.07, 6.45) is 4.65. The van der Waals surface area contributed by atoms with Crippen molar-refractivity contribution in [2.75, 3.05) is 12.3 Å². The molecule has 0 aliphatic rings. The van der Waals surface area contributed by atoms with Gasteiger partial charge in [0, 0.05) is 61.3 Å². The number of carbonyl (C=O) groups excluding carboxylic acids is 5. The van der Waals surface area contributed by atoms with Gasteiger partial charge in [-0.3, -0.25) is 29.4 Å². The third-order valence-corrected chi connectivity index (χ3v) is 11.7. The van der Waals surface area contributed by atoms with E-state index in [2.05, 4.69) is 59.5 Å². The number of aliphatic carboxylic acids is 1. The Morgan fingerprint density at radius 3 is 1.91 bits per heavy atom. The van der Waals surface area contributed by atoms with Crippen LogP contribution in [0.25, 0.3) is 21.7 Å². The highest BCUT2D eigenvalue weighted by Gasteiger charge is 2.34. The van der Waals surface area contributed by atoms with E-state index in [1.807, 2.05) is 66.7 Å². The van der Waals surface area contributed by atoms with E-state index in [4.69, 9.17) is 16.9 Å². The summed E-state index contributed by atoms with van der Waals surface area (Å²) in [6.45, 7) is 0.150. The topological polar surface area (TPSA) is 315 Å². The zero-order chi connectivity index (χ0) is 48.6. The summed E-state index contributed by atoms with van der Waals surface area (Å²) in [5, 5.41) is 36.9. The summed E-state index contributed by atoms with van der Waals surface area (Å²) in [5.41, 5.74) is 14.7. The van der Waals surface area contributed by atoms with E-state index in [-0.39, 0.29) is 56.8 Å². The number of aromatic amines is 2. The number of fused-ring (bicyclic) bond motifs is 2. The molecule has 0 unspecified atom stereocenters. The van der Waals surface area contributed by atoms with Crippen molar-refractivity contribution in [2.24, 2.45) is 11.5 Å². The quantitative estimate of drug-likeness (QED) is 0.0178. The highest BCUT2D eigenvalue weighted by Crippen LogP contribution is 2.20. The Bertz CT molecular complexity index is 2700. The molecule has 6 rings (SSSR count). The molecule has 0 spiro atoms. The first kappa shape index (κ1) is 49.7. The lowest BCUT2D eigenvalue weighted by molar-refractivity contribution is -0.142. The first-order valence-electron chi connectivity index (χ1n) is 22.0. The number of benzene rings is 4. The lowest BCUT2D eigenvalue weighted by Gasteiger charge is -2.27. The number of amides is 5. The number of nitrogens with two attached hydrogens (primary N) is 2. The molecule has 0 aliphatic heterocycles. The maximum absolute atomic E-state index is 14.6. The Hall–Kier alpha value is -7.71. The van der Waals surface area contributed by atoms with Gasteiger partial charge in [-0.25, -0.2) is 9.78 Å². The minimum Gasteiger partial charge on any atom is -0.480 e. The molecule has 68 heavy (non-hydrogen) atoms. The molecule has 6 aromatic rings. The van der Waals surface area contributed by atoms with Gasteiger partial charge in [-0.15, -0.1) is 0 Å². The van der Waals surface area contributed by atoms with Gasteiger partial charge in [0.25, 0.3) is 0 Å². The van der Waals surface area contributed by atoms with E-state index in [9.17, 15) is 33.9 Å². The number of carbonyl (C=O) groups is 6. The second-order valence-corrected chi connectivity index (χ2v) is 16.7. The van der Waals surface area contributed by atoms with Crippen LogP contribution >= 0.6 is 12.6 Å². The fourth-order valence-corrected chi connectivity index (χ4v) is 7.83. The highest BCUT2D eigenvalue weighted by atomic mass is 32.1. The molecule has 4 aromatic carbocycles. The number of carboxylic acids is 1. The van der Waals surface area contributed by atoms with Gasteiger partial charge in [0.05, 0.1) is 18.1 Å². The standard InChI is InChI=1S/C48H56N12O7S/c49-35(26-68)42(61)57-40(23-33-25-52-27-55-33)46(65)59-38(20-28-9-2-1-3-10-28)44(63)56-37(15-8-18-53-48(50)51)43(62)58-39(21-29-16-17-30-11-4-5-12-31(30)19-29)45(64)60-41(47(66)67)22-32-24-54-36-14-7-6-13-34(32)36/h1-7,9-14,16-17,19,24-25,27,35,37-41,54,68H,8,15,18,20-23,26,49H2,(H,52,55)(H,56,63)(H,57,61)(H,58,62)(H,59,65)(H,60,64)(H,66,67)(H4,50,51,53)/t35-,37+,38-,39+,40+,41+/m1/s1. The van der Waals surface area contributed by atoms with Gasteiger partial charge in [0.2, 0.25) is 29.5 Å². The summed E-state index contributed by atoms with van der Waals surface area (Å²) in [7, 11) is 0. The van der Waals surface area contributed by atoms with Crippen LogP contribution in [-0.4, -0.2) is 110 Å². The van der Waals surface area contributed by atoms with Gasteiger partial charge in [0.1, 0.15) is 30.2 Å². The van der Waals surface area contributed by atoms with Crippen LogP contribution in [0, 0.1) is 5.41 Å². The van der Waals surface area contributed by atoms with Crippen molar-refractivity contribution >= 4 is 75.8 Å². The molecule has 14 N–H and O–H groups in total. The van der Waals surface area contributed by atoms with Crippen LogP contribution in [0.5, 0.6) is 0 Å². The number of carboxylic acid groups (broad SMARTS) is 1. The summed E-state index contributed by atoms with van der Waals surface area (Å²) in [5.74, 6) is -5.29. The van der Waals surface area contributed by atoms with E-state index >= 15 is 0 Å². The molecular formula is C48H56N12O7S. The van der Waals surface area contributed by atoms with Crippen LogP contribution in [0.4, 0.5) is 0 Å². The molecule has 0 aliphatic carbocycles. The number of nitrogens with zero attached hydrogens (tertiary/aromatic N) is 1. The predicted octanol–water partition coefficient (Wildman–Crippen LogP) is 1.34. The van der Waals surface area contributed by atoms with E-state index < -0.39 is 71.8 Å². The van der Waals surface area contributed by atoms with Crippen molar-refractivity contribution in [3.05, 3.63) is 138 Å². The summed E-state index contributed by atoms with van der Waals surface area (Å²) in [6, 6.07) is 21.8. The molecule has 20 heteroatoms. The molecule has 0 bridgehead atoms. The van der Waals surface area contributed by atoms with E-state index in [1.165, 1.54) is 6.33 Å². The van der Waals surface area contributed by atoms with Crippen molar-refractivity contribution in [3.8, 4) is 0 Å². The van der Waals surface area contributed by atoms with Gasteiger partial charge in [-0.05, 0) is 46.4 Å². The fourth-order valence-electron chi connectivity index (χ4n) is 7.66. The zero-order valence-corrected chi connectivity index (χ0v) is 37.9. The van der Waals surface area contributed by atoms with E-state index in [0.29, 0.717) is 22.4 Å². The smallest absolute Gasteiger partial charge is 0.326 e. The highest BCUT2D eigenvalue weighted by molar-refractivity contribution is 7.80. The monoisotopic (exact) mass is 944 g/mol. The van der Waals surface area contributed by atoms with Crippen molar-refractivity contribution in [3.63, 3.8) is 0 Å². The maximum atomic E-state index is 14.6. The molecule has 19 nitrogen and oxygen atoms in total. The number of aromatic nitrogens is 3. The Morgan fingerprint density at radius 2 is 1.25 bits per heavy atom. The number of hydrogen-bond donors (Lipinski definition) is 13. The molecule has 0 saturated carbocycles. The molecule has 2 heterocycles. The number of H-pyrrole nitrogens is 2. The number of thiol groups is 1. The molecule has 356 valence electrons. The lowest BCUT2D eigenvalue weighted by atomic mass is 9.99. The van der Waals surface area contributed by atoms with Crippen LogP contribution in [0.2, 0.25) is 0 Å². The Morgan fingerprint density at radius 1 is 0.662 bits per heavy atom. The third-order valence-electron chi connectivity index (χ3n) is 11.3. The van der Waals surface area contributed by atoms with Crippen molar-refractivity contribution < 1.29 is 33.9 Å². The van der Waals surface area contributed by atoms with Crippen LogP contribution < -0.4 is 43.4 Å². The number of para-hydroxylation sites is 1. The van der Waals surface area contributed by atoms with Crippen molar-refractivity contribution in [2.45, 2.75) is 74.8 Å². The number of hydrogen-bond acceptors (Lipinski definition) is 10. The fraction of sp³-hybridized carbons (Fsp3) is 0.292. The van der Waals surface area contributed by atoms with Crippen LogP contribution in [-0.2, 0) is 54.5 Å². The molecule has 5 amide bonds. The molecular weight excluding hydrogens is 889 g/mol. The molecule has 0 saturated heterocycles. The number of rotatable bonds is 24. The lowest BCUT2D eigenvalue weighted by Crippen LogP contribution is -2.60. The van der Waals surface area contributed by atoms with Crippen molar-refractivity contribution in [1.29, 1.82) is 5.41 Å². The van der Waals surface area contributed by atoms with Crippen LogP contribution in [0.15, 0.2) is 116 Å². The van der Waals surface area contributed by atoms with Gasteiger partial charge in [0.15, 0.2) is 5.96 Å². The van der Waals surface area contributed by atoms with E-state index in [1.54, 1.807) is 42.7 Å². The molecule has 6 atom stereocenters. The molecule has 0 fully saturated rings. The largest absolute Gasteiger partial charge is 0.480 e. The Balaban J connectivity index is 1.28. The normalized spacial score (nSPS) is 13.8. The predicted molar refractivity (Wildman–Crippen MR) is 260 cm³/mol. The van der Waals surface area contributed by atoms with Gasteiger partial charge < -0.3 is 58.4 Å². The first-order valence-corrected chi connectivity index (χ1v) is 22.6. The SMILES string of the molecule is N=C(N)NCCC[C@H](NC(=O)[C@@H](Cc1ccccc1)NC(=O)[C@H](Cc1c[nH]cn1)NC(=O)[C@H](N)CS)C(=O)N[C@@H](Cc1ccc2ccccc2c1)C(=O)N[C@@H](Cc1c[nH]c2ccccc12)C(=O)O. The number of nitrogens with one attached hydrogen (secondary N) is 9. The molecule has 2 aromatic heterocycles. The number of imidazole rings is 1. The van der Waals surface area contributed by atoms with Gasteiger partial charge in [-0.2, -0.15) is 12.6 Å². The van der Waals surface area contributed by atoms with Gasteiger partial charge >= 0.3 is 5.97 Å². The average molecular weight is 945 g/mol. The second-order valence-electron chi connectivity index (χ2n) is 16.3. The van der Waals surface area contributed by atoms with Crippen LogP contribution in [0.3, 0.4) is 0 Å². The van der Waals surface area contributed by atoms with E-state index in [0.717, 1.165) is 21.7 Å². The van der Waals surface area contributed by atoms with Crippen LogP contribution in [0.1, 0.15) is 35.2 Å². The average Bonchev–Trinajstić information content (AvgIpc) is 4.01. The zero-order valence-electron chi connectivity index (χ0n) is 37.0. The molecule has 0 radical (unpaired) electrons. The summed E-state index contributed by atoms with van der Waals surface area (Å²) >= 11 is 4.11. The third kappa shape index (κ3) is 14.1. The van der Waals surface area contributed by atoms with Gasteiger partial charge in [-0.1, -0.05) is 91.0 Å². The minimum absolute atomic E-state index is 0.00291. The number of guanidine groups is 1. The summed E-state index contributed by atoms with van der Waals surface area (Å²) in [4.78, 5) is 93.3. The van der Waals surface area contributed by atoms with Crippen molar-refractivity contribution in [1.82, 2.24) is 46.9 Å². The maximum Gasteiger partial charge on any atom is 0.326 e. The Labute approximate surface area is 397 Å². The summed E-state index contributed by atoms with van der Waals surface area (Å²) < 4.78 is 0. The Kier molecular flexibility index (Phi) is 17.7. The second kappa shape index (κ2) is 24.2. The first-order chi connectivity index (χ1) is 32.8.